The number of thiazole rings is 1. The van der Waals surface area contributed by atoms with Gasteiger partial charge in [0.15, 0.2) is 0 Å². The molecule has 0 unspecified atom stereocenters. The molecule has 0 fully saturated rings. The topological polar surface area (TPSA) is 51.2 Å². The van der Waals surface area contributed by atoms with Gasteiger partial charge in [-0.2, -0.15) is 0 Å². The van der Waals surface area contributed by atoms with Crippen molar-refractivity contribution in [3.05, 3.63) is 71.2 Å². The first kappa shape index (κ1) is 19.1. The zero-order chi connectivity index (χ0) is 19.1. The van der Waals surface area contributed by atoms with Crippen LogP contribution in [0.25, 0.3) is 10.6 Å². The van der Waals surface area contributed by atoms with Crippen LogP contribution in [0.3, 0.4) is 0 Å². The van der Waals surface area contributed by atoms with E-state index in [0.29, 0.717) is 6.42 Å². The molecule has 3 aromatic rings. The van der Waals surface area contributed by atoms with Crippen molar-refractivity contribution >= 4 is 17.2 Å². The number of ether oxygens (including phenoxy) is 1. The van der Waals surface area contributed by atoms with E-state index >= 15 is 0 Å². The lowest BCUT2D eigenvalue weighted by Crippen LogP contribution is -2.34. The first-order chi connectivity index (χ1) is 13.1. The van der Waals surface area contributed by atoms with Gasteiger partial charge in [-0.3, -0.25) is 4.79 Å². The number of aromatic nitrogens is 1. The monoisotopic (exact) mass is 380 g/mol. The Morgan fingerprint density at radius 1 is 1.15 bits per heavy atom. The highest BCUT2D eigenvalue weighted by Gasteiger charge is 2.12. The summed E-state index contributed by atoms with van der Waals surface area (Å²) in [6.45, 7) is 2.05. The van der Waals surface area contributed by atoms with Crippen LogP contribution in [-0.4, -0.2) is 24.0 Å². The third-order valence-corrected chi connectivity index (χ3v) is 5.29. The number of benzene rings is 2. The van der Waals surface area contributed by atoms with E-state index < -0.39 is 0 Å². The van der Waals surface area contributed by atoms with Gasteiger partial charge >= 0.3 is 0 Å². The molecule has 1 aromatic heterocycles. The Hall–Kier alpha value is -2.66. The lowest BCUT2D eigenvalue weighted by Gasteiger charge is -2.13. The number of hydrogen-bond acceptors (Lipinski definition) is 4. The summed E-state index contributed by atoms with van der Waals surface area (Å²) in [5.74, 6) is 0.835. The van der Waals surface area contributed by atoms with Gasteiger partial charge in [0.05, 0.1) is 19.2 Å². The fourth-order valence-electron chi connectivity index (χ4n) is 2.84. The Morgan fingerprint density at radius 3 is 2.59 bits per heavy atom. The molecule has 140 valence electrons. The molecule has 0 saturated heterocycles. The minimum absolute atomic E-state index is 0.0159. The standard InChI is InChI=1S/C22H24N2O2S/c1-16(8-9-17-6-4-3-5-7-17)23-21(25)14-19-15-27-22(24-19)18-10-12-20(26-2)13-11-18/h3-7,10-13,15-16H,8-9,14H2,1-2H3,(H,23,25)/t16-/m0/s1. The number of carbonyl (C=O) groups excluding carboxylic acids is 1. The van der Waals surface area contributed by atoms with E-state index in [2.05, 4.69) is 22.4 Å². The zero-order valence-electron chi connectivity index (χ0n) is 15.6. The molecule has 3 rings (SSSR count). The maximum absolute atomic E-state index is 12.3. The maximum Gasteiger partial charge on any atom is 0.226 e. The smallest absolute Gasteiger partial charge is 0.226 e. The van der Waals surface area contributed by atoms with Crippen LogP contribution in [0.15, 0.2) is 60.0 Å². The van der Waals surface area contributed by atoms with Gasteiger partial charge in [0, 0.05) is 17.0 Å². The first-order valence-corrected chi connectivity index (χ1v) is 9.94. The molecular formula is C22H24N2O2S. The van der Waals surface area contributed by atoms with Crippen LogP contribution in [-0.2, 0) is 17.6 Å². The highest BCUT2D eigenvalue weighted by molar-refractivity contribution is 7.13. The van der Waals surface area contributed by atoms with E-state index in [9.17, 15) is 4.79 Å². The third-order valence-electron chi connectivity index (χ3n) is 4.35. The van der Waals surface area contributed by atoms with Gasteiger partial charge in [-0.1, -0.05) is 30.3 Å². The van der Waals surface area contributed by atoms with E-state index in [4.69, 9.17) is 4.74 Å². The fourth-order valence-corrected chi connectivity index (χ4v) is 3.67. The van der Waals surface area contributed by atoms with Crippen molar-refractivity contribution in [2.75, 3.05) is 7.11 Å². The van der Waals surface area contributed by atoms with Gasteiger partial charge in [-0.15, -0.1) is 11.3 Å². The number of methoxy groups -OCH3 is 1. The van der Waals surface area contributed by atoms with Crippen LogP contribution >= 0.6 is 11.3 Å². The van der Waals surface area contributed by atoms with E-state index in [1.165, 1.54) is 5.56 Å². The lowest BCUT2D eigenvalue weighted by molar-refractivity contribution is -0.121. The predicted molar refractivity (Wildman–Crippen MR) is 110 cm³/mol. The largest absolute Gasteiger partial charge is 0.497 e. The van der Waals surface area contributed by atoms with E-state index in [1.54, 1.807) is 18.4 Å². The Kier molecular flexibility index (Phi) is 6.60. The minimum Gasteiger partial charge on any atom is -0.497 e. The highest BCUT2D eigenvalue weighted by Crippen LogP contribution is 2.25. The zero-order valence-corrected chi connectivity index (χ0v) is 16.5. The molecule has 0 aliphatic rings. The Morgan fingerprint density at radius 2 is 1.89 bits per heavy atom. The van der Waals surface area contributed by atoms with Crippen molar-refractivity contribution in [1.29, 1.82) is 0 Å². The van der Waals surface area contributed by atoms with Crippen molar-refractivity contribution in [3.8, 4) is 16.3 Å². The number of nitrogens with one attached hydrogen (secondary N) is 1. The molecule has 1 N–H and O–H groups in total. The average Bonchev–Trinajstić information content (AvgIpc) is 3.15. The van der Waals surface area contributed by atoms with Crippen LogP contribution < -0.4 is 10.1 Å². The molecule has 0 saturated carbocycles. The van der Waals surface area contributed by atoms with E-state index in [1.807, 2.05) is 54.8 Å². The second-order valence-corrected chi connectivity index (χ2v) is 7.40. The molecule has 0 radical (unpaired) electrons. The molecule has 1 heterocycles. The summed E-state index contributed by atoms with van der Waals surface area (Å²) >= 11 is 1.55. The number of aryl methyl sites for hydroxylation is 1. The number of amides is 1. The summed E-state index contributed by atoms with van der Waals surface area (Å²) in [5.41, 5.74) is 3.13. The summed E-state index contributed by atoms with van der Waals surface area (Å²) in [5, 5.41) is 5.94. The average molecular weight is 381 g/mol. The summed E-state index contributed by atoms with van der Waals surface area (Å²) in [6, 6.07) is 18.3. The molecule has 1 atom stereocenters. The van der Waals surface area contributed by atoms with Gasteiger partial charge < -0.3 is 10.1 Å². The molecular weight excluding hydrogens is 356 g/mol. The molecule has 0 aliphatic heterocycles. The number of carbonyl (C=O) groups is 1. The van der Waals surface area contributed by atoms with Crippen LogP contribution in [0.2, 0.25) is 0 Å². The number of rotatable bonds is 8. The third kappa shape index (κ3) is 5.66. The Balaban J connectivity index is 1.49. The Labute approximate surface area is 164 Å². The van der Waals surface area contributed by atoms with Crippen LogP contribution in [0.1, 0.15) is 24.6 Å². The molecule has 5 heteroatoms. The second kappa shape index (κ2) is 9.33. The van der Waals surface area contributed by atoms with E-state index in [0.717, 1.165) is 34.9 Å². The van der Waals surface area contributed by atoms with E-state index in [-0.39, 0.29) is 11.9 Å². The fraction of sp³-hybridized carbons (Fsp3) is 0.273. The number of hydrogen-bond donors (Lipinski definition) is 1. The lowest BCUT2D eigenvalue weighted by atomic mass is 10.1. The molecule has 0 aliphatic carbocycles. The van der Waals surface area contributed by atoms with Crippen LogP contribution in [0, 0.1) is 0 Å². The van der Waals surface area contributed by atoms with Crippen LogP contribution in [0.4, 0.5) is 0 Å². The summed E-state index contributed by atoms with van der Waals surface area (Å²) in [7, 11) is 1.65. The molecule has 4 nitrogen and oxygen atoms in total. The van der Waals surface area contributed by atoms with Crippen molar-refractivity contribution in [2.24, 2.45) is 0 Å². The first-order valence-electron chi connectivity index (χ1n) is 9.06. The van der Waals surface area contributed by atoms with Crippen molar-refractivity contribution < 1.29 is 9.53 Å². The number of nitrogens with zero attached hydrogens (tertiary/aromatic N) is 1. The summed E-state index contributed by atoms with van der Waals surface area (Å²) in [6.07, 6.45) is 2.19. The van der Waals surface area contributed by atoms with Crippen molar-refractivity contribution in [2.45, 2.75) is 32.2 Å². The summed E-state index contributed by atoms with van der Waals surface area (Å²) in [4.78, 5) is 16.9. The molecule has 0 bridgehead atoms. The van der Waals surface area contributed by atoms with Gasteiger partial charge in [0.25, 0.3) is 0 Å². The van der Waals surface area contributed by atoms with Crippen molar-refractivity contribution in [3.63, 3.8) is 0 Å². The van der Waals surface area contributed by atoms with Gasteiger partial charge in [-0.25, -0.2) is 4.98 Å². The minimum atomic E-state index is 0.0159. The summed E-state index contributed by atoms with van der Waals surface area (Å²) < 4.78 is 5.18. The molecule has 0 spiro atoms. The van der Waals surface area contributed by atoms with Crippen molar-refractivity contribution in [1.82, 2.24) is 10.3 Å². The quantitative estimate of drug-likeness (QED) is 0.626. The molecule has 2 aromatic carbocycles. The van der Waals surface area contributed by atoms with Gasteiger partial charge in [0.1, 0.15) is 10.8 Å². The van der Waals surface area contributed by atoms with Gasteiger partial charge in [0.2, 0.25) is 5.91 Å². The highest BCUT2D eigenvalue weighted by atomic mass is 32.1. The molecule has 27 heavy (non-hydrogen) atoms. The maximum atomic E-state index is 12.3. The predicted octanol–water partition coefficient (Wildman–Crippen LogP) is 4.50. The molecule has 1 amide bonds. The normalized spacial score (nSPS) is 11.8. The SMILES string of the molecule is COc1ccc(-c2nc(CC(=O)N[C@@H](C)CCc3ccccc3)cs2)cc1. The Bertz CT molecular complexity index is 860. The van der Waals surface area contributed by atoms with Crippen LogP contribution in [0.5, 0.6) is 5.75 Å². The second-order valence-electron chi connectivity index (χ2n) is 6.54. The van der Waals surface area contributed by atoms with Gasteiger partial charge in [-0.05, 0) is 49.6 Å².